The zero-order valence-corrected chi connectivity index (χ0v) is 12.7. The molecule has 2 rings (SSSR count). The van der Waals surface area contributed by atoms with Crippen LogP contribution in [0.2, 0.25) is 0 Å². The Labute approximate surface area is 131 Å². The number of amides is 1. The Balaban J connectivity index is 2.13. The maximum atomic E-state index is 12.4. The van der Waals surface area contributed by atoms with Gasteiger partial charge in [-0.25, -0.2) is 0 Å². The second kappa shape index (κ2) is 6.80. The van der Waals surface area contributed by atoms with Crippen molar-refractivity contribution in [2.45, 2.75) is 33.0 Å². The molecule has 5 nitrogen and oxygen atoms in total. The third-order valence-corrected chi connectivity index (χ3v) is 3.19. The first-order chi connectivity index (χ1) is 10.8. The molecule has 0 aliphatic rings. The molecule has 2 aromatic rings. The number of rotatable bonds is 5. The van der Waals surface area contributed by atoms with Crippen molar-refractivity contribution in [2.75, 3.05) is 6.54 Å². The number of benzene rings is 1. The van der Waals surface area contributed by atoms with E-state index in [0.717, 1.165) is 12.0 Å². The Bertz CT molecular complexity index is 665. The number of carbonyl (C=O) groups excluding carboxylic acids is 1. The number of hydrogen-bond acceptors (Lipinski definition) is 4. The third-order valence-electron chi connectivity index (χ3n) is 3.19. The Hall–Kier alpha value is -2.38. The summed E-state index contributed by atoms with van der Waals surface area (Å²) in [4.78, 5) is 16.5. The van der Waals surface area contributed by atoms with Crippen molar-refractivity contribution in [3.63, 3.8) is 0 Å². The number of aromatic nitrogens is 2. The van der Waals surface area contributed by atoms with Gasteiger partial charge in [0.15, 0.2) is 0 Å². The van der Waals surface area contributed by atoms with Crippen LogP contribution >= 0.6 is 0 Å². The molecule has 0 fully saturated rings. The van der Waals surface area contributed by atoms with Gasteiger partial charge in [-0.1, -0.05) is 36.3 Å². The van der Waals surface area contributed by atoms with Crippen LogP contribution in [0.4, 0.5) is 13.2 Å². The molecule has 0 bridgehead atoms. The van der Waals surface area contributed by atoms with Crippen molar-refractivity contribution in [1.82, 2.24) is 15.0 Å². The summed E-state index contributed by atoms with van der Waals surface area (Å²) in [7, 11) is 0. The predicted molar refractivity (Wildman–Crippen MR) is 76.1 cm³/mol. The van der Waals surface area contributed by atoms with Gasteiger partial charge in [0.1, 0.15) is 0 Å². The van der Waals surface area contributed by atoms with Crippen molar-refractivity contribution in [3.8, 4) is 11.4 Å². The van der Waals surface area contributed by atoms with Crippen molar-refractivity contribution in [1.29, 1.82) is 0 Å². The molecule has 1 aromatic heterocycles. The zero-order valence-electron chi connectivity index (χ0n) is 12.7. The van der Waals surface area contributed by atoms with Crippen LogP contribution in [0.5, 0.6) is 0 Å². The van der Waals surface area contributed by atoms with Gasteiger partial charge < -0.3 is 9.42 Å². The lowest BCUT2D eigenvalue weighted by atomic mass is 10.1. The highest BCUT2D eigenvalue weighted by molar-refractivity contribution is 5.73. The molecule has 1 heterocycles. The highest BCUT2D eigenvalue weighted by atomic mass is 19.4. The first-order valence-corrected chi connectivity index (χ1v) is 7.07. The van der Waals surface area contributed by atoms with Gasteiger partial charge in [-0.3, -0.25) is 4.79 Å². The van der Waals surface area contributed by atoms with E-state index >= 15 is 0 Å². The topological polar surface area (TPSA) is 59.2 Å². The smallest absolute Gasteiger partial charge is 0.339 e. The van der Waals surface area contributed by atoms with Gasteiger partial charge in [0.2, 0.25) is 11.7 Å². The van der Waals surface area contributed by atoms with Gasteiger partial charge in [-0.2, -0.15) is 18.2 Å². The van der Waals surface area contributed by atoms with Crippen molar-refractivity contribution < 1.29 is 22.5 Å². The van der Waals surface area contributed by atoms with E-state index in [9.17, 15) is 18.0 Å². The largest absolute Gasteiger partial charge is 0.471 e. The first kappa shape index (κ1) is 17.0. The molecular weight excluding hydrogens is 311 g/mol. The maximum Gasteiger partial charge on any atom is 0.471 e. The molecule has 0 unspecified atom stereocenters. The van der Waals surface area contributed by atoms with Crippen LogP contribution in [0.25, 0.3) is 11.4 Å². The Morgan fingerprint density at radius 3 is 2.39 bits per heavy atom. The SMILES string of the molecule is CCCN(Cc1ccc(-c2noc(C(F)(F)F)n2)cc1)C(C)=O. The fourth-order valence-electron chi connectivity index (χ4n) is 2.05. The summed E-state index contributed by atoms with van der Waals surface area (Å²) in [5, 5.41) is 3.33. The molecule has 0 saturated heterocycles. The summed E-state index contributed by atoms with van der Waals surface area (Å²) in [6.07, 6.45) is -3.81. The molecule has 8 heteroatoms. The number of alkyl halides is 3. The standard InChI is InChI=1S/C15H16F3N3O2/c1-3-8-21(10(2)22)9-11-4-6-12(7-5-11)13-19-14(23-20-13)15(16,17)18/h4-7H,3,8-9H2,1-2H3. The highest BCUT2D eigenvalue weighted by Crippen LogP contribution is 2.29. The first-order valence-electron chi connectivity index (χ1n) is 7.07. The second-order valence-corrected chi connectivity index (χ2v) is 5.06. The van der Waals surface area contributed by atoms with E-state index in [1.54, 1.807) is 29.2 Å². The summed E-state index contributed by atoms with van der Waals surface area (Å²) < 4.78 is 41.5. The minimum Gasteiger partial charge on any atom is -0.339 e. The Morgan fingerprint density at radius 1 is 1.26 bits per heavy atom. The van der Waals surface area contributed by atoms with E-state index in [-0.39, 0.29) is 11.7 Å². The molecule has 1 amide bonds. The van der Waals surface area contributed by atoms with Gasteiger partial charge >= 0.3 is 12.1 Å². The van der Waals surface area contributed by atoms with E-state index in [2.05, 4.69) is 14.7 Å². The molecule has 0 atom stereocenters. The lowest BCUT2D eigenvalue weighted by Crippen LogP contribution is -2.28. The average molecular weight is 327 g/mol. The van der Waals surface area contributed by atoms with E-state index in [1.807, 2.05) is 6.92 Å². The van der Waals surface area contributed by atoms with E-state index in [0.29, 0.717) is 18.7 Å². The second-order valence-electron chi connectivity index (χ2n) is 5.06. The summed E-state index contributed by atoms with van der Waals surface area (Å²) in [6.45, 7) is 4.58. The third kappa shape index (κ3) is 4.30. The molecule has 23 heavy (non-hydrogen) atoms. The fraction of sp³-hybridized carbons (Fsp3) is 0.400. The zero-order chi connectivity index (χ0) is 17.0. The molecule has 0 spiro atoms. The predicted octanol–water partition coefficient (Wildman–Crippen LogP) is 3.51. The maximum absolute atomic E-state index is 12.4. The minimum atomic E-state index is -4.66. The molecule has 0 aliphatic carbocycles. The van der Waals surface area contributed by atoms with Crippen LogP contribution < -0.4 is 0 Å². The van der Waals surface area contributed by atoms with Crippen molar-refractivity contribution >= 4 is 5.91 Å². The normalized spacial score (nSPS) is 11.5. The van der Waals surface area contributed by atoms with Crippen molar-refractivity contribution in [3.05, 3.63) is 35.7 Å². The van der Waals surface area contributed by atoms with Gasteiger partial charge in [0.25, 0.3) is 0 Å². The van der Waals surface area contributed by atoms with Crippen LogP contribution in [0.15, 0.2) is 28.8 Å². The van der Waals surface area contributed by atoms with Crippen molar-refractivity contribution in [2.24, 2.45) is 0 Å². The Morgan fingerprint density at radius 2 is 1.91 bits per heavy atom. The molecule has 124 valence electrons. The van der Waals surface area contributed by atoms with Gasteiger partial charge in [-0.15, -0.1) is 0 Å². The van der Waals surface area contributed by atoms with Crippen LogP contribution in [-0.2, 0) is 17.5 Å². The van der Waals surface area contributed by atoms with E-state index in [4.69, 9.17) is 0 Å². The highest BCUT2D eigenvalue weighted by Gasteiger charge is 2.38. The van der Waals surface area contributed by atoms with Crippen LogP contribution in [0, 0.1) is 0 Å². The molecule has 0 radical (unpaired) electrons. The molecule has 0 aliphatic heterocycles. The minimum absolute atomic E-state index is 0.0242. The lowest BCUT2D eigenvalue weighted by molar-refractivity contribution is -0.159. The van der Waals surface area contributed by atoms with Gasteiger partial charge in [-0.05, 0) is 12.0 Å². The van der Waals surface area contributed by atoms with Gasteiger partial charge in [0, 0.05) is 25.6 Å². The molecule has 0 saturated carbocycles. The van der Waals surface area contributed by atoms with Crippen LogP contribution in [0.1, 0.15) is 31.7 Å². The monoisotopic (exact) mass is 327 g/mol. The molecular formula is C15H16F3N3O2. The van der Waals surface area contributed by atoms with Crippen LogP contribution in [0.3, 0.4) is 0 Å². The van der Waals surface area contributed by atoms with Gasteiger partial charge in [0.05, 0.1) is 0 Å². The quantitative estimate of drug-likeness (QED) is 0.843. The number of carbonyl (C=O) groups is 1. The number of nitrogens with zero attached hydrogens (tertiary/aromatic N) is 3. The number of halogens is 3. The lowest BCUT2D eigenvalue weighted by Gasteiger charge is -2.20. The summed E-state index contributed by atoms with van der Waals surface area (Å²) in [6, 6.07) is 6.66. The average Bonchev–Trinajstić information content (AvgIpc) is 2.97. The summed E-state index contributed by atoms with van der Waals surface area (Å²) in [5.41, 5.74) is 1.29. The van der Waals surface area contributed by atoms with E-state index in [1.165, 1.54) is 6.92 Å². The molecule has 1 aromatic carbocycles. The number of hydrogen-bond donors (Lipinski definition) is 0. The Kier molecular flexibility index (Phi) is 5.02. The summed E-state index contributed by atoms with van der Waals surface area (Å²) in [5.74, 6) is -1.52. The fourth-order valence-corrected chi connectivity index (χ4v) is 2.05. The molecule has 0 N–H and O–H groups in total. The van der Waals surface area contributed by atoms with Crippen LogP contribution in [-0.4, -0.2) is 27.5 Å². The van der Waals surface area contributed by atoms with E-state index < -0.39 is 12.1 Å². The summed E-state index contributed by atoms with van der Waals surface area (Å²) >= 11 is 0.